The van der Waals surface area contributed by atoms with Gasteiger partial charge in [-0.3, -0.25) is 0 Å². The lowest BCUT2D eigenvalue weighted by Gasteiger charge is -2.24. The Hall–Kier alpha value is -2.79. The summed E-state index contributed by atoms with van der Waals surface area (Å²) in [5, 5.41) is 4.39. The van der Waals surface area contributed by atoms with E-state index in [1.807, 2.05) is 48.5 Å². The Balaban J connectivity index is 1.70. The standard InChI is InChI=1S/C21H23N3O2/c1-3-24(4-2)14-13-22-21-20-19(15-9-5-6-10-16(15)23-21)25-17-11-7-8-12-18(17)26-20/h5-12H,3-4,13-14H2,1-2H3,(H,22,23). The normalized spacial score (nSPS) is 12.3. The van der Waals surface area contributed by atoms with Gasteiger partial charge in [-0.1, -0.05) is 38.1 Å². The molecule has 1 N–H and O–H groups in total. The summed E-state index contributed by atoms with van der Waals surface area (Å²) in [5.41, 5.74) is 0.888. The summed E-state index contributed by atoms with van der Waals surface area (Å²) in [6.45, 7) is 8.17. The highest BCUT2D eigenvalue weighted by Crippen LogP contribution is 2.50. The Bertz CT molecular complexity index is 922. The van der Waals surface area contributed by atoms with Gasteiger partial charge in [0.05, 0.1) is 5.52 Å². The number of anilines is 1. The van der Waals surface area contributed by atoms with Crippen molar-refractivity contribution in [1.82, 2.24) is 9.88 Å². The Kier molecular flexibility index (Phi) is 4.63. The van der Waals surface area contributed by atoms with E-state index in [1.165, 1.54) is 0 Å². The molecule has 0 unspecified atom stereocenters. The molecule has 0 atom stereocenters. The van der Waals surface area contributed by atoms with Crippen molar-refractivity contribution in [3.05, 3.63) is 48.5 Å². The molecule has 1 aliphatic rings. The van der Waals surface area contributed by atoms with Crippen molar-refractivity contribution in [3.8, 4) is 23.0 Å². The summed E-state index contributed by atoms with van der Waals surface area (Å²) in [5.74, 6) is 3.54. The van der Waals surface area contributed by atoms with Crippen molar-refractivity contribution < 1.29 is 9.47 Å². The van der Waals surface area contributed by atoms with E-state index in [1.54, 1.807) is 0 Å². The number of nitrogens with zero attached hydrogens (tertiary/aromatic N) is 2. The van der Waals surface area contributed by atoms with E-state index >= 15 is 0 Å². The Morgan fingerprint density at radius 2 is 1.54 bits per heavy atom. The molecule has 1 aromatic heterocycles. The average molecular weight is 349 g/mol. The largest absolute Gasteiger partial charge is 0.449 e. The van der Waals surface area contributed by atoms with Gasteiger partial charge in [0.15, 0.2) is 23.1 Å². The number of rotatable bonds is 6. The Morgan fingerprint density at radius 3 is 2.27 bits per heavy atom. The second kappa shape index (κ2) is 7.22. The minimum Gasteiger partial charge on any atom is -0.449 e. The first kappa shape index (κ1) is 16.7. The van der Waals surface area contributed by atoms with Crippen molar-refractivity contribution in [2.45, 2.75) is 13.8 Å². The first-order valence-corrected chi connectivity index (χ1v) is 9.13. The number of benzene rings is 2. The molecule has 0 saturated carbocycles. The molecule has 0 aliphatic carbocycles. The number of hydrogen-bond acceptors (Lipinski definition) is 5. The van der Waals surface area contributed by atoms with Gasteiger partial charge in [0, 0.05) is 18.5 Å². The summed E-state index contributed by atoms with van der Waals surface area (Å²) < 4.78 is 12.3. The number of para-hydroxylation sites is 3. The number of ether oxygens (including phenoxy) is 2. The number of hydrogen-bond donors (Lipinski definition) is 1. The minimum absolute atomic E-state index is 0.655. The maximum atomic E-state index is 6.19. The van der Waals surface area contributed by atoms with Crippen LogP contribution in [0.5, 0.6) is 23.0 Å². The van der Waals surface area contributed by atoms with Crippen LogP contribution < -0.4 is 14.8 Å². The molecule has 0 fully saturated rings. The molecule has 0 saturated heterocycles. The van der Waals surface area contributed by atoms with Crippen LogP contribution in [0.2, 0.25) is 0 Å². The number of nitrogens with one attached hydrogen (secondary N) is 1. The van der Waals surface area contributed by atoms with Crippen LogP contribution in [0.3, 0.4) is 0 Å². The third-order valence-electron chi connectivity index (χ3n) is 4.69. The van der Waals surface area contributed by atoms with Gasteiger partial charge < -0.3 is 19.7 Å². The van der Waals surface area contributed by atoms with E-state index in [0.29, 0.717) is 11.5 Å². The van der Waals surface area contributed by atoms with Crippen LogP contribution in [-0.4, -0.2) is 36.1 Å². The first-order valence-electron chi connectivity index (χ1n) is 9.13. The molecule has 2 heterocycles. The summed E-state index contributed by atoms with van der Waals surface area (Å²) >= 11 is 0. The Morgan fingerprint density at radius 1 is 0.885 bits per heavy atom. The molecule has 26 heavy (non-hydrogen) atoms. The van der Waals surface area contributed by atoms with Gasteiger partial charge in [-0.2, -0.15) is 0 Å². The Labute approximate surface area is 153 Å². The lowest BCUT2D eigenvalue weighted by molar-refractivity contribution is 0.315. The first-order chi connectivity index (χ1) is 12.8. The molecule has 1 aliphatic heterocycles. The quantitative estimate of drug-likeness (QED) is 0.537. The SMILES string of the molecule is CCN(CC)CCNc1nc2ccccc2c2c1Oc1ccccc1O2. The van der Waals surface area contributed by atoms with Crippen LogP contribution in [0.1, 0.15) is 13.8 Å². The van der Waals surface area contributed by atoms with E-state index in [4.69, 9.17) is 14.5 Å². The van der Waals surface area contributed by atoms with Crippen molar-refractivity contribution in [2.24, 2.45) is 0 Å². The molecule has 5 heteroatoms. The number of fused-ring (bicyclic) bond motifs is 4. The zero-order valence-corrected chi connectivity index (χ0v) is 15.2. The summed E-state index contributed by atoms with van der Waals surface area (Å²) in [4.78, 5) is 7.14. The van der Waals surface area contributed by atoms with E-state index in [9.17, 15) is 0 Å². The van der Waals surface area contributed by atoms with Crippen LogP contribution in [0.4, 0.5) is 5.82 Å². The van der Waals surface area contributed by atoms with Crippen LogP contribution in [-0.2, 0) is 0 Å². The molecule has 0 amide bonds. The van der Waals surface area contributed by atoms with E-state index < -0.39 is 0 Å². The lowest BCUT2D eigenvalue weighted by Crippen LogP contribution is -2.28. The molecular weight excluding hydrogens is 326 g/mol. The van der Waals surface area contributed by atoms with E-state index in [0.717, 1.165) is 54.4 Å². The third-order valence-corrected chi connectivity index (χ3v) is 4.69. The van der Waals surface area contributed by atoms with Crippen LogP contribution >= 0.6 is 0 Å². The van der Waals surface area contributed by atoms with Crippen molar-refractivity contribution in [1.29, 1.82) is 0 Å². The fourth-order valence-corrected chi connectivity index (χ4v) is 3.19. The highest BCUT2D eigenvalue weighted by atomic mass is 16.6. The highest BCUT2D eigenvalue weighted by molar-refractivity contribution is 5.92. The fourth-order valence-electron chi connectivity index (χ4n) is 3.19. The molecule has 134 valence electrons. The summed E-state index contributed by atoms with van der Waals surface area (Å²) in [6.07, 6.45) is 0. The zero-order valence-electron chi connectivity index (χ0n) is 15.2. The van der Waals surface area contributed by atoms with Gasteiger partial charge in [0.25, 0.3) is 0 Å². The monoisotopic (exact) mass is 349 g/mol. The fraction of sp³-hybridized carbons (Fsp3) is 0.286. The van der Waals surface area contributed by atoms with Gasteiger partial charge in [-0.15, -0.1) is 0 Å². The van der Waals surface area contributed by atoms with Gasteiger partial charge in [0.1, 0.15) is 0 Å². The van der Waals surface area contributed by atoms with Crippen LogP contribution in [0, 0.1) is 0 Å². The van der Waals surface area contributed by atoms with Crippen molar-refractivity contribution in [2.75, 3.05) is 31.5 Å². The lowest BCUT2D eigenvalue weighted by atomic mass is 10.1. The second-order valence-electron chi connectivity index (χ2n) is 6.24. The number of pyridine rings is 1. The minimum atomic E-state index is 0.655. The van der Waals surface area contributed by atoms with E-state index in [-0.39, 0.29) is 0 Å². The maximum absolute atomic E-state index is 6.19. The topological polar surface area (TPSA) is 46.6 Å². The van der Waals surface area contributed by atoms with Crippen molar-refractivity contribution in [3.63, 3.8) is 0 Å². The average Bonchev–Trinajstić information content (AvgIpc) is 2.70. The van der Waals surface area contributed by atoms with Crippen LogP contribution in [0.15, 0.2) is 48.5 Å². The summed E-state index contributed by atoms with van der Waals surface area (Å²) in [6, 6.07) is 15.7. The molecule has 0 spiro atoms. The third kappa shape index (κ3) is 3.06. The molecule has 5 nitrogen and oxygen atoms in total. The maximum Gasteiger partial charge on any atom is 0.212 e. The predicted molar refractivity (Wildman–Crippen MR) is 105 cm³/mol. The molecule has 0 bridgehead atoms. The molecule has 4 rings (SSSR count). The van der Waals surface area contributed by atoms with Gasteiger partial charge in [-0.25, -0.2) is 4.98 Å². The molecule has 0 radical (unpaired) electrons. The van der Waals surface area contributed by atoms with Gasteiger partial charge >= 0.3 is 0 Å². The zero-order chi connectivity index (χ0) is 17.9. The van der Waals surface area contributed by atoms with Gasteiger partial charge in [0.2, 0.25) is 5.75 Å². The smallest absolute Gasteiger partial charge is 0.212 e. The molecule has 3 aromatic rings. The second-order valence-corrected chi connectivity index (χ2v) is 6.24. The predicted octanol–water partition coefficient (Wildman–Crippen LogP) is 4.89. The van der Waals surface area contributed by atoms with E-state index in [2.05, 4.69) is 24.1 Å². The molecule has 2 aromatic carbocycles. The highest BCUT2D eigenvalue weighted by Gasteiger charge is 2.25. The molecular formula is C21H23N3O2. The number of likely N-dealkylation sites (N-methyl/N-ethyl adjacent to an activating group) is 1. The number of aromatic nitrogens is 1. The van der Waals surface area contributed by atoms with Gasteiger partial charge in [-0.05, 0) is 37.4 Å². The summed E-state index contributed by atoms with van der Waals surface area (Å²) in [7, 11) is 0. The van der Waals surface area contributed by atoms with Crippen molar-refractivity contribution >= 4 is 16.7 Å². The van der Waals surface area contributed by atoms with Crippen LogP contribution in [0.25, 0.3) is 10.9 Å².